The number of hydrogen-bond donors (Lipinski definition) is 2. The van der Waals surface area contributed by atoms with E-state index < -0.39 is 29.6 Å². The Morgan fingerprint density at radius 2 is 1.69 bits per heavy atom. The average Bonchev–Trinajstić information content (AvgIpc) is 2.86. The number of halogens is 1. The first-order chi connectivity index (χ1) is 17.3. The normalized spacial score (nSPS) is 14.6. The van der Waals surface area contributed by atoms with Gasteiger partial charge in [-0.2, -0.15) is 0 Å². The molecule has 1 heterocycles. The standard InChI is InChI=1S/C26H19FN2O7/c1-35-22-13-16(4-11-21(22)36-14-15-2-5-17(6-3-15)25(32)33)12-20-23(30)28-26(34)29(24(20)31)19-9-7-18(27)8-10-19/h2-13H,14H2,1H3,(H,32,33)(H,28,30,34)/b20-12-. The molecule has 2 N–H and O–H groups in total. The van der Waals surface area contributed by atoms with Crippen LogP contribution in [0, 0.1) is 5.82 Å². The molecule has 3 aromatic carbocycles. The minimum absolute atomic E-state index is 0.106. The van der Waals surface area contributed by atoms with Gasteiger partial charge in [-0.1, -0.05) is 18.2 Å². The fraction of sp³-hybridized carbons (Fsp3) is 0.0769. The second-order valence-corrected chi connectivity index (χ2v) is 7.64. The first kappa shape index (κ1) is 24.1. The molecule has 0 unspecified atom stereocenters. The Hall–Kier alpha value is -4.99. The van der Waals surface area contributed by atoms with Gasteiger partial charge in [0, 0.05) is 0 Å². The predicted octanol–water partition coefficient (Wildman–Crippen LogP) is 3.78. The number of rotatable bonds is 7. The van der Waals surface area contributed by atoms with Crippen molar-refractivity contribution in [1.29, 1.82) is 0 Å². The zero-order chi connectivity index (χ0) is 25.8. The van der Waals surface area contributed by atoms with Crippen LogP contribution in [0.3, 0.4) is 0 Å². The van der Waals surface area contributed by atoms with Crippen LogP contribution in [0.4, 0.5) is 14.9 Å². The molecule has 1 aliphatic rings. The van der Waals surface area contributed by atoms with Crippen molar-refractivity contribution in [3.8, 4) is 11.5 Å². The summed E-state index contributed by atoms with van der Waals surface area (Å²) in [6, 6.07) is 14.7. The lowest BCUT2D eigenvalue weighted by atomic mass is 10.1. The van der Waals surface area contributed by atoms with Crippen molar-refractivity contribution >= 4 is 35.6 Å². The summed E-state index contributed by atoms with van der Waals surface area (Å²) in [5.41, 5.74) is 1.14. The van der Waals surface area contributed by atoms with Crippen molar-refractivity contribution < 1.29 is 38.1 Å². The van der Waals surface area contributed by atoms with E-state index in [0.717, 1.165) is 22.6 Å². The minimum Gasteiger partial charge on any atom is -0.493 e. The van der Waals surface area contributed by atoms with Gasteiger partial charge in [-0.3, -0.25) is 14.9 Å². The Balaban J connectivity index is 1.55. The zero-order valence-corrected chi connectivity index (χ0v) is 18.9. The highest BCUT2D eigenvalue weighted by Gasteiger charge is 2.36. The summed E-state index contributed by atoms with van der Waals surface area (Å²) < 4.78 is 24.4. The number of methoxy groups -OCH3 is 1. The third-order valence-corrected chi connectivity index (χ3v) is 5.28. The van der Waals surface area contributed by atoms with Gasteiger partial charge in [-0.05, 0) is 65.7 Å². The number of urea groups is 1. The number of ether oxygens (including phenoxy) is 2. The summed E-state index contributed by atoms with van der Waals surface area (Å²) in [4.78, 5) is 49.4. The Labute approximate surface area is 204 Å². The molecule has 0 aromatic heterocycles. The lowest BCUT2D eigenvalue weighted by Crippen LogP contribution is -2.54. The molecule has 0 atom stereocenters. The second kappa shape index (κ2) is 10.1. The topological polar surface area (TPSA) is 122 Å². The largest absolute Gasteiger partial charge is 0.493 e. The lowest BCUT2D eigenvalue weighted by Gasteiger charge is -2.26. The maximum absolute atomic E-state index is 13.3. The zero-order valence-electron chi connectivity index (χ0n) is 18.9. The molecule has 36 heavy (non-hydrogen) atoms. The van der Waals surface area contributed by atoms with E-state index in [-0.39, 0.29) is 23.4 Å². The SMILES string of the molecule is COc1cc(/C=C2/C(=O)NC(=O)N(c3ccc(F)cc3)C2=O)ccc1OCc1ccc(C(=O)O)cc1. The number of nitrogens with zero attached hydrogens (tertiary/aromatic N) is 1. The van der Waals surface area contributed by atoms with Gasteiger partial charge in [0.15, 0.2) is 11.5 Å². The maximum Gasteiger partial charge on any atom is 0.335 e. The molecule has 4 rings (SSSR count). The first-order valence-electron chi connectivity index (χ1n) is 10.6. The molecular formula is C26H19FN2O7. The van der Waals surface area contributed by atoms with E-state index in [9.17, 15) is 23.6 Å². The molecule has 0 aliphatic carbocycles. The third-order valence-electron chi connectivity index (χ3n) is 5.28. The van der Waals surface area contributed by atoms with Crippen LogP contribution in [0.15, 0.2) is 72.3 Å². The number of carboxylic acid groups (broad SMARTS) is 1. The highest BCUT2D eigenvalue weighted by molar-refractivity contribution is 6.39. The van der Waals surface area contributed by atoms with Crippen LogP contribution in [-0.2, 0) is 16.2 Å². The van der Waals surface area contributed by atoms with Gasteiger partial charge >= 0.3 is 12.0 Å². The molecule has 0 saturated carbocycles. The van der Waals surface area contributed by atoms with Crippen molar-refractivity contribution in [3.05, 3.63) is 94.8 Å². The number of carboxylic acids is 1. The first-order valence-corrected chi connectivity index (χ1v) is 10.6. The third kappa shape index (κ3) is 5.07. The van der Waals surface area contributed by atoms with Crippen LogP contribution < -0.4 is 19.7 Å². The van der Waals surface area contributed by atoms with E-state index in [2.05, 4.69) is 5.32 Å². The summed E-state index contributed by atoms with van der Waals surface area (Å²) in [7, 11) is 1.42. The summed E-state index contributed by atoms with van der Waals surface area (Å²) in [6.07, 6.45) is 1.30. The molecule has 3 aromatic rings. The number of carbonyl (C=O) groups is 4. The summed E-state index contributed by atoms with van der Waals surface area (Å²) in [6.45, 7) is 0.145. The van der Waals surface area contributed by atoms with Gasteiger partial charge in [0.25, 0.3) is 11.8 Å². The van der Waals surface area contributed by atoms with Gasteiger partial charge in [0.05, 0.1) is 18.4 Å². The molecule has 1 aliphatic heterocycles. The summed E-state index contributed by atoms with van der Waals surface area (Å²) in [5, 5.41) is 11.1. The Kier molecular flexibility index (Phi) is 6.77. The number of benzene rings is 3. The van der Waals surface area contributed by atoms with Gasteiger partial charge in [-0.15, -0.1) is 0 Å². The summed E-state index contributed by atoms with van der Waals surface area (Å²) >= 11 is 0. The summed E-state index contributed by atoms with van der Waals surface area (Å²) in [5.74, 6) is -2.59. The van der Waals surface area contributed by atoms with E-state index in [4.69, 9.17) is 14.6 Å². The maximum atomic E-state index is 13.3. The molecule has 10 heteroatoms. The molecule has 4 amide bonds. The van der Waals surface area contributed by atoms with Crippen molar-refractivity contribution in [2.45, 2.75) is 6.61 Å². The average molecular weight is 490 g/mol. The highest BCUT2D eigenvalue weighted by Crippen LogP contribution is 2.30. The van der Waals surface area contributed by atoms with Gasteiger partial charge in [-0.25, -0.2) is 18.9 Å². The van der Waals surface area contributed by atoms with Crippen LogP contribution in [0.25, 0.3) is 6.08 Å². The predicted molar refractivity (Wildman–Crippen MR) is 126 cm³/mol. The van der Waals surface area contributed by atoms with Crippen molar-refractivity contribution in [2.75, 3.05) is 12.0 Å². The Morgan fingerprint density at radius 3 is 2.33 bits per heavy atom. The number of amides is 4. The van der Waals surface area contributed by atoms with E-state index in [1.807, 2.05) is 0 Å². The smallest absolute Gasteiger partial charge is 0.335 e. The van der Waals surface area contributed by atoms with Crippen LogP contribution in [-0.4, -0.2) is 36.0 Å². The van der Waals surface area contributed by atoms with E-state index in [0.29, 0.717) is 17.1 Å². The fourth-order valence-electron chi connectivity index (χ4n) is 3.45. The molecule has 182 valence electrons. The molecule has 1 saturated heterocycles. The molecule has 0 bridgehead atoms. The van der Waals surface area contributed by atoms with Crippen molar-refractivity contribution in [3.63, 3.8) is 0 Å². The van der Waals surface area contributed by atoms with Crippen LogP contribution in [0.1, 0.15) is 21.5 Å². The molecule has 0 radical (unpaired) electrons. The Morgan fingerprint density at radius 1 is 1.00 bits per heavy atom. The second-order valence-electron chi connectivity index (χ2n) is 7.64. The van der Waals surface area contributed by atoms with Gasteiger partial charge in [0.2, 0.25) is 0 Å². The number of barbiturate groups is 1. The van der Waals surface area contributed by atoms with Crippen molar-refractivity contribution in [2.24, 2.45) is 0 Å². The van der Waals surface area contributed by atoms with E-state index >= 15 is 0 Å². The quantitative estimate of drug-likeness (QED) is 0.382. The monoisotopic (exact) mass is 490 g/mol. The molecule has 1 fully saturated rings. The fourth-order valence-corrected chi connectivity index (χ4v) is 3.45. The number of carbonyl (C=O) groups excluding carboxylic acids is 3. The van der Waals surface area contributed by atoms with Crippen LogP contribution in [0.2, 0.25) is 0 Å². The van der Waals surface area contributed by atoms with E-state index in [1.54, 1.807) is 30.3 Å². The van der Waals surface area contributed by atoms with Crippen LogP contribution >= 0.6 is 0 Å². The Bertz CT molecular complexity index is 1380. The number of aromatic carboxylic acids is 1. The van der Waals surface area contributed by atoms with Gasteiger partial charge in [0.1, 0.15) is 18.0 Å². The number of imide groups is 2. The molecule has 9 nitrogen and oxygen atoms in total. The van der Waals surface area contributed by atoms with Crippen molar-refractivity contribution in [1.82, 2.24) is 5.32 Å². The minimum atomic E-state index is -1.02. The lowest BCUT2D eigenvalue weighted by molar-refractivity contribution is -0.122. The number of anilines is 1. The van der Waals surface area contributed by atoms with Gasteiger partial charge < -0.3 is 14.6 Å². The van der Waals surface area contributed by atoms with E-state index in [1.165, 1.54) is 37.5 Å². The molecule has 0 spiro atoms. The van der Waals surface area contributed by atoms with Crippen LogP contribution in [0.5, 0.6) is 11.5 Å². The highest BCUT2D eigenvalue weighted by atomic mass is 19.1. The number of hydrogen-bond acceptors (Lipinski definition) is 6. The number of nitrogens with one attached hydrogen (secondary N) is 1. The molecular weight excluding hydrogens is 471 g/mol.